The molecule has 2 aromatic rings. The maximum atomic E-state index is 13.0. The summed E-state index contributed by atoms with van der Waals surface area (Å²) in [5, 5.41) is 20.2. The van der Waals surface area contributed by atoms with Crippen LogP contribution in [0, 0.1) is 19.8 Å². The van der Waals surface area contributed by atoms with Gasteiger partial charge in [-0.25, -0.2) is 0 Å². The summed E-state index contributed by atoms with van der Waals surface area (Å²) < 4.78 is 0. The maximum absolute atomic E-state index is 13.0. The van der Waals surface area contributed by atoms with Gasteiger partial charge in [-0.1, -0.05) is 38.1 Å². The first-order chi connectivity index (χ1) is 12.7. The third-order valence-corrected chi connectivity index (χ3v) is 5.04. The van der Waals surface area contributed by atoms with E-state index in [9.17, 15) is 19.8 Å². The highest BCUT2D eigenvalue weighted by atomic mass is 16.3. The zero-order chi connectivity index (χ0) is 19.9. The largest absolute Gasteiger partial charge is 0.508 e. The Morgan fingerprint density at radius 2 is 1.67 bits per heavy atom. The maximum Gasteiger partial charge on any atom is 0.294 e. The molecule has 0 saturated carbocycles. The number of carbonyl (C=O) groups is 2. The standard InChI is InChI=1S/C22H23NO4/c1-12(2)20(25)18-19(15-8-10-16(24)11-9-15)23(22(27)21(18)26)17-7-5-6-13(3)14(17)4/h5-12,19,24,26H,1-4H3. The van der Waals surface area contributed by atoms with Crippen LogP contribution >= 0.6 is 0 Å². The van der Waals surface area contributed by atoms with E-state index in [1.54, 1.807) is 26.0 Å². The third kappa shape index (κ3) is 3.10. The fourth-order valence-corrected chi connectivity index (χ4v) is 3.39. The van der Waals surface area contributed by atoms with Crippen LogP contribution < -0.4 is 4.90 Å². The molecule has 0 bridgehead atoms. The van der Waals surface area contributed by atoms with Gasteiger partial charge >= 0.3 is 0 Å². The van der Waals surface area contributed by atoms with Crippen LogP contribution in [-0.4, -0.2) is 21.9 Å². The van der Waals surface area contributed by atoms with Gasteiger partial charge in [0, 0.05) is 11.6 Å². The highest BCUT2D eigenvalue weighted by Gasteiger charge is 2.45. The number of nitrogens with zero attached hydrogens (tertiary/aromatic N) is 1. The Kier molecular flexibility index (Phi) is 4.79. The molecule has 1 atom stereocenters. The molecule has 1 unspecified atom stereocenters. The quantitative estimate of drug-likeness (QED) is 0.854. The van der Waals surface area contributed by atoms with Crippen LogP contribution in [0.2, 0.25) is 0 Å². The minimum atomic E-state index is -0.742. The van der Waals surface area contributed by atoms with Gasteiger partial charge in [0.05, 0.1) is 11.6 Å². The number of hydrogen-bond acceptors (Lipinski definition) is 4. The minimum Gasteiger partial charge on any atom is -0.508 e. The SMILES string of the molecule is Cc1cccc(N2C(=O)C(O)=C(C(=O)C(C)C)C2c2ccc(O)cc2)c1C. The van der Waals surface area contributed by atoms with Crippen LogP contribution in [0.4, 0.5) is 5.69 Å². The van der Waals surface area contributed by atoms with Gasteiger partial charge in [-0.2, -0.15) is 0 Å². The van der Waals surface area contributed by atoms with E-state index >= 15 is 0 Å². The van der Waals surface area contributed by atoms with E-state index in [0.29, 0.717) is 11.3 Å². The molecular formula is C22H23NO4. The monoisotopic (exact) mass is 365 g/mol. The molecule has 1 aliphatic rings. The normalized spacial score (nSPS) is 17.1. The number of rotatable bonds is 4. The number of benzene rings is 2. The molecule has 0 fully saturated rings. The summed E-state index contributed by atoms with van der Waals surface area (Å²) in [5.74, 6) is -1.65. The Bertz CT molecular complexity index is 941. The number of ketones is 1. The zero-order valence-corrected chi connectivity index (χ0v) is 15.9. The Balaban J connectivity index is 2.23. The van der Waals surface area contributed by atoms with Gasteiger partial charge in [0.25, 0.3) is 5.91 Å². The van der Waals surface area contributed by atoms with E-state index in [2.05, 4.69) is 0 Å². The minimum absolute atomic E-state index is 0.0892. The number of phenols is 1. The second-order valence-corrected chi connectivity index (χ2v) is 7.17. The number of aromatic hydroxyl groups is 1. The lowest BCUT2D eigenvalue weighted by atomic mass is 9.91. The van der Waals surface area contributed by atoms with Gasteiger partial charge in [-0.3, -0.25) is 14.5 Å². The molecule has 1 heterocycles. The lowest BCUT2D eigenvalue weighted by Crippen LogP contribution is -2.32. The number of Topliss-reactive ketones (excluding diaryl/α,β-unsaturated/α-hetero) is 1. The van der Waals surface area contributed by atoms with Gasteiger partial charge < -0.3 is 10.2 Å². The first-order valence-electron chi connectivity index (χ1n) is 8.90. The van der Waals surface area contributed by atoms with Crippen LogP contribution in [0.5, 0.6) is 5.75 Å². The molecule has 0 saturated heterocycles. The smallest absolute Gasteiger partial charge is 0.294 e. The van der Waals surface area contributed by atoms with Crippen LogP contribution in [-0.2, 0) is 9.59 Å². The highest BCUT2D eigenvalue weighted by molar-refractivity contribution is 6.17. The predicted molar refractivity (Wildman–Crippen MR) is 104 cm³/mol. The average Bonchev–Trinajstić information content (AvgIpc) is 2.89. The van der Waals surface area contributed by atoms with Crippen LogP contribution in [0.15, 0.2) is 53.8 Å². The number of amides is 1. The van der Waals surface area contributed by atoms with E-state index in [4.69, 9.17) is 0 Å². The van der Waals surface area contributed by atoms with Crippen molar-refractivity contribution < 1.29 is 19.8 Å². The van der Waals surface area contributed by atoms with Gasteiger partial charge in [-0.15, -0.1) is 0 Å². The molecular weight excluding hydrogens is 342 g/mol. The molecule has 140 valence electrons. The highest BCUT2D eigenvalue weighted by Crippen LogP contribution is 2.43. The van der Waals surface area contributed by atoms with E-state index in [-0.39, 0.29) is 23.0 Å². The predicted octanol–water partition coefficient (Wildman–Crippen LogP) is 4.13. The lowest BCUT2D eigenvalue weighted by molar-refractivity contribution is -0.119. The molecule has 1 amide bonds. The lowest BCUT2D eigenvalue weighted by Gasteiger charge is -2.29. The summed E-state index contributed by atoms with van der Waals surface area (Å²) in [6.45, 7) is 7.33. The molecule has 0 aliphatic carbocycles. The summed E-state index contributed by atoms with van der Waals surface area (Å²) in [6, 6.07) is 11.2. The van der Waals surface area contributed by atoms with Crippen LogP contribution in [0.25, 0.3) is 0 Å². The molecule has 5 nitrogen and oxygen atoms in total. The van der Waals surface area contributed by atoms with Crippen molar-refractivity contribution in [2.45, 2.75) is 33.7 Å². The Morgan fingerprint density at radius 3 is 2.26 bits per heavy atom. The second-order valence-electron chi connectivity index (χ2n) is 7.17. The Morgan fingerprint density at radius 1 is 1.04 bits per heavy atom. The van der Waals surface area contributed by atoms with E-state index in [1.165, 1.54) is 17.0 Å². The third-order valence-electron chi connectivity index (χ3n) is 5.04. The molecule has 0 aromatic heterocycles. The topological polar surface area (TPSA) is 77.8 Å². The van der Waals surface area contributed by atoms with E-state index in [1.807, 2.05) is 32.0 Å². The molecule has 2 N–H and O–H groups in total. The Labute approximate surface area is 158 Å². The molecule has 27 heavy (non-hydrogen) atoms. The van der Waals surface area contributed by atoms with Crippen molar-refractivity contribution in [2.24, 2.45) is 5.92 Å². The van der Waals surface area contributed by atoms with Crippen LogP contribution in [0.1, 0.15) is 36.6 Å². The fraction of sp³-hybridized carbons (Fsp3) is 0.273. The zero-order valence-electron chi connectivity index (χ0n) is 15.9. The van der Waals surface area contributed by atoms with Crippen molar-refractivity contribution in [3.8, 4) is 5.75 Å². The summed E-state index contributed by atoms with van der Waals surface area (Å²) in [7, 11) is 0. The van der Waals surface area contributed by atoms with Crippen molar-refractivity contribution in [2.75, 3.05) is 4.90 Å². The van der Waals surface area contributed by atoms with E-state index < -0.39 is 17.7 Å². The number of hydrogen-bond donors (Lipinski definition) is 2. The molecule has 0 spiro atoms. The molecule has 3 rings (SSSR count). The van der Waals surface area contributed by atoms with Gasteiger partial charge in [0.1, 0.15) is 5.75 Å². The summed E-state index contributed by atoms with van der Waals surface area (Å²) in [6.07, 6.45) is 0. The first-order valence-corrected chi connectivity index (χ1v) is 8.90. The second kappa shape index (κ2) is 6.91. The number of anilines is 1. The van der Waals surface area contributed by atoms with Crippen molar-refractivity contribution in [1.29, 1.82) is 0 Å². The molecule has 0 radical (unpaired) electrons. The van der Waals surface area contributed by atoms with E-state index in [0.717, 1.165) is 11.1 Å². The number of carbonyl (C=O) groups excluding carboxylic acids is 2. The Hall–Kier alpha value is -3.08. The first kappa shape index (κ1) is 18.7. The molecule has 5 heteroatoms. The van der Waals surface area contributed by atoms with Gasteiger partial charge in [0.2, 0.25) is 0 Å². The van der Waals surface area contributed by atoms with Gasteiger partial charge in [0.15, 0.2) is 11.5 Å². The van der Waals surface area contributed by atoms with Crippen molar-refractivity contribution in [3.05, 3.63) is 70.5 Å². The fourth-order valence-electron chi connectivity index (χ4n) is 3.39. The summed E-state index contributed by atoms with van der Waals surface area (Å²) >= 11 is 0. The van der Waals surface area contributed by atoms with Gasteiger partial charge in [-0.05, 0) is 48.7 Å². The number of aryl methyl sites for hydroxylation is 1. The van der Waals surface area contributed by atoms with Crippen molar-refractivity contribution >= 4 is 17.4 Å². The van der Waals surface area contributed by atoms with Crippen molar-refractivity contribution in [1.82, 2.24) is 0 Å². The summed E-state index contributed by atoms with van der Waals surface area (Å²) in [4.78, 5) is 27.3. The number of phenolic OH excluding ortho intramolecular Hbond substituents is 1. The number of aliphatic hydroxyl groups excluding tert-OH is 1. The summed E-state index contributed by atoms with van der Waals surface area (Å²) in [5.41, 5.74) is 3.31. The number of aliphatic hydroxyl groups is 1. The molecule has 2 aromatic carbocycles. The average molecular weight is 365 g/mol. The van der Waals surface area contributed by atoms with Crippen LogP contribution in [0.3, 0.4) is 0 Å². The van der Waals surface area contributed by atoms with Crippen molar-refractivity contribution in [3.63, 3.8) is 0 Å². The molecule has 1 aliphatic heterocycles.